The molecule has 0 spiro atoms. The Morgan fingerprint density at radius 2 is 2.28 bits per heavy atom. The summed E-state index contributed by atoms with van der Waals surface area (Å²) in [5.41, 5.74) is 0.588. The van der Waals surface area contributed by atoms with Crippen molar-refractivity contribution in [2.24, 2.45) is 0 Å². The molecule has 132 valence electrons. The van der Waals surface area contributed by atoms with Gasteiger partial charge in [0.25, 0.3) is 5.56 Å². The molecule has 1 amide bonds. The highest BCUT2D eigenvalue weighted by Crippen LogP contribution is 2.20. The summed E-state index contributed by atoms with van der Waals surface area (Å²) in [4.78, 5) is 32.1. The standard InChI is InChI=1S/C16H19N5O2S2/c1-3-5-11-8-14(23)21-15(18-11)25-16(19-21)20(2)10-13(22)17-9-12-6-4-7-24-12/h4,6-8H,3,5,9-10H2,1-2H3,(H,17,22). The minimum absolute atomic E-state index is 0.0952. The number of hydrogen-bond acceptors (Lipinski definition) is 7. The SMILES string of the molecule is CCCc1cc(=O)n2nc(N(C)CC(=O)NCc3cccs3)sc2n1. The molecule has 0 radical (unpaired) electrons. The maximum Gasteiger partial charge on any atom is 0.275 e. The summed E-state index contributed by atoms with van der Waals surface area (Å²) in [7, 11) is 1.78. The number of rotatable bonds is 7. The molecule has 0 fully saturated rings. The molecular weight excluding hydrogens is 358 g/mol. The van der Waals surface area contributed by atoms with Gasteiger partial charge in [-0.3, -0.25) is 9.59 Å². The lowest BCUT2D eigenvalue weighted by molar-refractivity contribution is -0.119. The van der Waals surface area contributed by atoms with Gasteiger partial charge in [0.05, 0.1) is 13.1 Å². The van der Waals surface area contributed by atoms with Crippen LogP contribution >= 0.6 is 22.7 Å². The zero-order valence-electron chi connectivity index (χ0n) is 14.1. The van der Waals surface area contributed by atoms with Gasteiger partial charge in [-0.2, -0.15) is 4.52 Å². The van der Waals surface area contributed by atoms with Gasteiger partial charge in [-0.05, 0) is 17.9 Å². The van der Waals surface area contributed by atoms with E-state index >= 15 is 0 Å². The zero-order chi connectivity index (χ0) is 17.8. The van der Waals surface area contributed by atoms with Crippen molar-refractivity contribution < 1.29 is 4.79 Å². The Hall–Kier alpha value is -2.26. The molecule has 9 heteroatoms. The molecule has 0 unspecified atom stereocenters. The van der Waals surface area contributed by atoms with E-state index in [0.29, 0.717) is 16.6 Å². The second-order valence-corrected chi connectivity index (χ2v) is 7.59. The predicted octanol–water partition coefficient (Wildman–Crippen LogP) is 1.92. The third-order valence-electron chi connectivity index (χ3n) is 3.54. The van der Waals surface area contributed by atoms with E-state index in [9.17, 15) is 9.59 Å². The first-order valence-corrected chi connectivity index (χ1v) is 9.66. The van der Waals surface area contributed by atoms with Crippen molar-refractivity contribution in [2.45, 2.75) is 26.3 Å². The van der Waals surface area contributed by atoms with E-state index in [1.54, 1.807) is 23.3 Å². The van der Waals surface area contributed by atoms with Gasteiger partial charge in [-0.15, -0.1) is 16.4 Å². The van der Waals surface area contributed by atoms with E-state index in [2.05, 4.69) is 15.4 Å². The number of thiophene rings is 1. The lowest BCUT2D eigenvalue weighted by Crippen LogP contribution is -2.34. The molecule has 3 aromatic rings. The molecule has 0 aromatic carbocycles. The number of aryl methyl sites for hydroxylation is 1. The van der Waals surface area contributed by atoms with Crippen LogP contribution in [0.5, 0.6) is 0 Å². The summed E-state index contributed by atoms with van der Waals surface area (Å²) in [5.74, 6) is -0.0952. The Balaban J connectivity index is 1.69. The first kappa shape index (κ1) is 17.6. The molecule has 3 aromatic heterocycles. The molecule has 25 heavy (non-hydrogen) atoms. The maximum absolute atomic E-state index is 12.1. The zero-order valence-corrected chi connectivity index (χ0v) is 15.7. The van der Waals surface area contributed by atoms with Crippen molar-refractivity contribution in [1.29, 1.82) is 0 Å². The third kappa shape index (κ3) is 4.23. The fourth-order valence-electron chi connectivity index (χ4n) is 2.32. The lowest BCUT2D eigenvalue weighted by Gasteiger charge is -2.14. The average molecular weight is 377 g/mol. The molecule has 7 nitrogen and oxygen atoms in total. The number of amides is 1. The highest BCUT2D eigenvalue weighted by Gasteiger charge is 2.14. The van der Waals surface area contributed by atoms with Gasteiger partial charge in [-0.1, -0.05) is 30.7 Å². The summed E-state index contributed by atoms with van der Waals surface area (Å²) in [6.07, 6.45) is 1.69. The maximum atomic E-state index is 12.1. The lowest BCUT2D eigenvalue weighted by atomic mass is 10.2. The van der Waals surface area contributed by atoms with E-state index < -0.39 is 0 Å². The van der Waals surface area contributed by atoms with Crippen LogP contribution in [-0.2, 0) is 17.8 Å². The molecule has 0 saturated heterocycles. The number of nitrogens with zero attached hydrogens (tertiary/aromatic N) is 4. The monoisotopic (exact) mass is 377 g/mol. The van der Waals surface area contributed by atoms with Crippen molar-refractivity contribution in [3.63, 3.8) is 0 Å². The Morgan fingerprint density at radius 1 is 1.44 bits per heavy atom. The van der Waals surface area contributed by atoms with Gasteiger partial charge in [0.2, 0.25) is 16.0 Å². The van der Waals surface area contributed by atoms with Crippen molar-refractivity contribution in [1.82, 2.24) is 19.9 Å². The topological polar surface area (TPSA) is 79.6 Å². The fourth-order valence-corrected chi connectivity index (χ4v) is 3.85. The van der Waals surface area contributed by atoms with Gasteiger partial charge in [-0.25, -0.2) is 4.98 Å². The van der Waals surface area contributed by atoms with E-state index in [0.717, 1.165) is 23.4 Å². The number of carbonyl (C=O) groups is 1. The van der Waals surface area contributed by atoms with Gasteiger partial charge < -0.3 is 10.2 Å². The van der Waals surface area contributed by atoms with Gasteiger partial charge in [0, 0.05) is 23.7 Å². The quantitative estimate of drug-likeness (QED) is 0.680. The molecule has 1 N–H and O–H groups in total. The Kier molecular flexibility index (Phi) is 5.44. The van der Waals surface area contributed by atoms with Gasteiger partial charge >= 0.3 is 0 Å². The Morgan fingerprint density at radius 3 is 3.00 bits per heavy atom. The van der Waals surface area contributed by atoms with Gasteiger partial charge in [0.1, 0.15) is 0 Å². The number of nitrogens with one attached hydrogen (secondary N) is 1. The summed E-state index contributed by atoms with van der Waals surface area (Å²) in [5, 5.41) is 9.73. The number of fused-ring (bicyclic) bond motifs is 1. The van der Waals surface area contributed by atoms with Crippen LogP contribution in [0.2, 0.25) is 0 Å². The predicted molar refractivity (Wildman–Crippen MR) is 101 cm³/mol. The van der Waals surface area contributed by atoms with Crippen LogP contribution < -0.4 is 15.8 Å². The Bertz CT molecular complexity index is 916. The van der Waals surface area contributed by atoms with Crippen LogP contribution in [0.15, 0.2) is 28.4 Å². The van der Waals surface area contributed by atoms with E-state index in [4.69, 9.17) is 0 Å². The minimum atomic E-state index is -0.188. The number of likely N-dealkylation sites (N-methyl/N-ethyl adjacent to an activating group) is 1. The van der Waals surface area contributed by atoms with Gasteiger partial charge in [0.15, 0.2) is 0 Å². The molecular formula is C16H19N5O2S2. The number of anilines is 1. The van der Waals surface area contributed by atoms with Crippen LogP contribution in [0.1, 0.15) is 23.9 Å². The van der Waals surface area contributed by atoms with Crippen LogP contribution in [0.25, 0.3) is 4.96 Å². The number of hydrogen-bond donors (Lipinski definition) is 1. The molecule has 0 aliphatic carbocycles. The minimum Gasteiger partial charge on any atom is -0.350 e. The summed E-state index contributed by atoms with van der Waals surface area (Å²) >= 11 is 2.91. The first-order chi connectivity index (χ1) is 12.1. The summed E-state index contributed by atoms with van der Waals surface area (Å²) < 4.78 is 1.29. The smallest absolute Gasteiger partial charge is 0.275 e. The first-order valence-electron chi connectivity index (χ1n) is 7.97. The highest BCUT2D eigenvalue weighted by atomic mass is 32.1. The molecule has 0 aliphatic rings. The van der Waals surface area contributed by atoms with Crippen LogP contribution in [-0.4, -0.2) is 34.1 Å². The highest BCUT2D eigenvalue weighted by molar-refractivity contribution is 7.20. The van der Waals surface area contributed by atoms with E-state index in [1.165, 1.54) is 21.9 Å². The number of aromatic nitrogens is 3. The molecule has 0 aliphatic heterocycles. The normalized spacial score (nSPS) is 11.0. The second kappa shape index (κ2) is 7.75. The molecule has 3 heterocycles. The third-order valence-corrected chi connectivity index (χ3v) is 5.44. The summed E-state index contributed by atoms with van der Waals surface area (Å²) in [6.45, 7) is 2.73. The van der Waals surface area contributed by atoms with E-state index in [1.807, 2.05) is 24.4 Å². The fraction of sp³-hybridized carbons (Fsp3) is 0.375. The van der Waals surface area contributed by atoms with Crippen molar-refractivity contribution in [3.8, 4) is 0 Å². The van der Waals surface area contributed by atoms with E-state index in [-0.39, 0.29) is 18.0 Å². The van der Waals surface area contributed by atoms with Crippen molar-refractivity contribution in [3.05, 3.63) is 44.5 Å². The van der Waals surface area contributed by atoms with Crippen molar-refractivity contribution in [2.75, 3.05) is 18.5 Å². The van der Waals surface area contributed by atoms with Crippen LogP contribution in [0.4, 0.5) is 5.13 Å². The summed E-state index contributed by atoms with van der Waals surface area (Å²) in [6, 6.07) is 5.46. The van der Waals surface area contributed by atoms with Crippen LogP contribution in [0, 0.1) is 0 Å². The number of carbonyl (C=O) groups excluding carboxylic acids is 1. The van der Waals surface area contributed by atoms with Crippen LogP contribution in [0.3, 0.4) is 0 Å². The second-order valence-electron chi connectivity index (χ2n) is 5.63. The molecule has 0 atom stereocenters. The van der Waals surface area contributed by atoms with Crippen molar-refractivity contribution >= 4 is 38.7 Å². The largest absolute Gasteiger partial charge is 0.350 e. The Labute approximate surface area is 152 Å². The average Bonchev–Trinajstić information content (AvgIpc) is 3.23. The molecule has 3 rings (SSSR count). The molecule has 0 saturated carbocycles. The molecule has 0 bridgehead atoms.